The third-order valence-electron chi connectivity index (χ3n) is 5.20. The first-order valence-electron chi connectivity index (χ1n) is 10.6. The van der Waals surface area contributed by atoms with E-state index >= 15 is 0 Å². The van der Waals surface area contributed by atoms with E-state index in [-0.39, 0.29) is 31.6 Å². The fourth-order valence-corrected chi connectivity index (χ4v) is 4.73. The van der Waals surface area contributed by atoms with Crippen LogP contribution in [0.4, 0.5) is 4.79 Å². The number of thiophene rings is 1. The molecule has 1 aliphatic rings. The Kier molecular flexibility index (Phi) is 8.06. The summed E-state index contributed by atoms with van der Waals surface area (Å²) in [6, 6.07) is 11.5. The Bertz CT molecular complexity index is 899. The molecule has 0 radical (unpaired) electrons. The van der Waals surface area contributed by atoms with E-state index in [4.69, 9.17) is 4.74 Å². The minimum absolute atomic E-state index is 0.0364. The highest BCUT2D eigenvalue weighted by Gasteiger charge is 2.33. The van der Waals surface area contributed by atoms with E-state index < -0.39 is 12.0 Å². The molecule has 2 heterocycles. The number of nitrogens with one attached hydrogen (secondary N) is 1. The number of nitrogens with zero attached hydrogens (tertiary/aromatic N) is 2. The van der Waals surface area contributed by atoms with Crippen LogP contribution in [0.15, 0.2) is 41.8 Å². The van der Waals surface area contributed by atoms with Crippen molar-refractivity contribution in [3.05, 3.63) is 57.8 Å². The molecule has 166 valence electrons. The number of benzene rings is 1. The van der Waals surface area contributed by atoms with Crippen LogP contribution in [0.3, 0.4) is 0 Å². The molecular formula is C23H29N3O4S. The van der Waals surface area contributed by atoms with Crippen LogP contribution in [-0.4, -0.2) is 60.5 Å². The van der Waals surface area contributed by atoms with Crippen molar-refractivity contribution in [1.82, 2.24) is 15.1 Å². The van der Waals surface area contributed by atoms with Crippen LogP contribution in [0.2, 0.25) is 0 Å². The van der Waals surface area contributed by atoms with E-state index in [9.17, 15) is 14.4 Å². The van der Waals surface area contributed by atoms with Crippen molar-refractivity contribution in [3.63, 3.8) is 0 Å². The molecule has 0 aliphatic carbocycles. The minimum atomic E-state index is -0.496. The summed E-state index contributed by atoms with van der Waals surface area (Å²) in [5, 5.41) is 4.63. The van der Waals surface area contributed by atoms with Crippen molar-refractivity contribution in [3.8, 4) is 0 Å². The third kappa shape index (κ3) is 5.64. The lowest BCUT2D eigenvalue weighted by Crippen LogP contribution is -2.50. The van der Waals surface area contributed by atoms with E-state index in [0.29, 0.717) is 19.5 Å². The molecule has 0 bridgehead atoms. The van der Waals surface area contributed by atoms with E-state index in [1.807, 2.05) is 42.2 Å². The maximum atomic E-state index is 13.4. The summed E-state index contributed by atoms with van der Waals surface area (Å²) >= 11 is 1.72. The number of esters is 1. The van der Waals surface area contributed by atoms with E-state index in [2.05, 4.69) is 16.8 Å². The van der Waals surface area contributed by atoms with E-state index in [1.165, 1.54) is 9.78 Å². The van der Waals surface area contributed by atoms with Gasteiger partial charge in [-0.25, -0.2) is 4.79 Å². The molecule has 1 atom stereocenters. The maximum Gasteiger partial charge on any atom is 0.325 e. The summed E-state index contributed by atoms with van der Waals surface area (Å²) in [5.41, 5.74) is 2.22. The molecule has 1 unspecified atom stereocenters. The second-order valence-electron chi connectivity index (χ2n) is 7.33. The molecule has 3 amide bonds. The van der Waals surface area contributed by atoms with Gasteiger partial charge in [0.25, 0.3) is 0 Å². The van der Waals surface area contributed by atoms with Crippen molar-refractivity contribution >= 4 is 29.2 Å². The van der Waals surface area contributed by atoms with Crippen LogP contribution in [0.25, 0.3) is 0 Å². The highest BCUT2D eigenvalue weighted by molar-refractivity contribution is 7.10. The van der Waals surface area contributed by atoms with Gasteiger partial charge in [-0.2, -0.15) is 0 Å². The largest absolute Gasteiger partial charge is 0.465 e. The minimum Gasteiger partial charge on any atom is -0.465 e. The monoisotopic (exact) mass is 443 g/mol. The number of ether oxygens (including phenoxy) is 1. The van der Waals surface area contributed by atoms with Gasteiger partial charge < -0.3 is 19.9 Å². The smallest absolute Gasteiger partial charge is 0.325 e. The number of urea groups is 1. The number of fused-ring (bicyclic) bond motifs is 1. The number of rotatable bonds is 8. The van der Waals surface area contributed by atoms with Crippen LogP contribution in [-0.2, 0) is 20.7 Å². The van der Waals surface area contributed by atoms with Crippen molar-refractivity contribution in [2.24, 2.45) is 0 Å². The molecule has 1 aromatic heterocycles. The van der Waals surface area contributed by atoms with Gasteiger partial charge in [-0.05, 0) is 42.3 Å². The zero-order chi connectivity index (χ0) is 22.2. The molecule has 0 saturated carbocycles. The summed E-state index contributed by atoms with van der Waals surface area (Å²) in [4.78, 5) is 42.2. The van der Waals surface area contributed by atoms with Gasteiger partial charge in [0.2, 0.25) is 5.91 Å². The highest BCUT2D eigenvalue weighted by Crippen LogP contribution is 2.37. The van der Waals surface area contributed by atoms with E-state index in [1.54, 1.807) is 18.3 Å². The Morgan fingerprint density at radius 1 is 1.19 bits per heavy atom. The Labute approximate surface area is 187 Å². The lowest BCUT2D eigenvalue weighted by Gasteiger charge is -2.37. The molecule has 31 heavy (non-hydrogen) atoms. The fourth-order valence-electron chi connectivity index (χ4n) is 3.83. The predicted octanol–water partition coefficient (Wildman–Crippen LogP) is 3.21. The van der Waals surface area contributed by atoms with Crippen LogP contribution in [0.5, 0.6) is 0 Å². The normalized spacial score (nSPS) is 15.2. The predicted molar refractivity (Wildman–Crippen MR) is 120 cm³/mol. The Morgan fingerprint density at radius 3 is 2.68 bits per heavy atom. The second kappa shape index (κ2) is 10.9. The summed E-state index contributed by atoms with van der Waals surface area (Å²) < 4.78 is 4.85. The van der Waals surface area contributed by atoms with Gasteiger partial charge in [0.15, 0.2) is 0 Å². The van der Waals surface area contributed by atoms with Crippen molar-refractivity contribution in [2.45, 2.75) is 32.7 Å². The van der Waals surface area contributed by atoms with E-state index in [0.717, 1.165) is 17.5 Å². The van der Waals surface area contributed by atoms with Gasteiger partial charge in [0.05, 0.1) is 12.6 Å². The lowest BCUT2D eigenvalue weighted by atomic mass is 9.93. The summed E-state index contributed by atoms with van der Waals surface area (Å²) in [5.74, 6) is -0.603. The van der Waals surface area contributed by atoms with Crippen molar-refractivity contribution in [2.75, 3.05) is 32.8 Å². The molecule has 2 aromatic rings. The van der Waals surface area contributed by atoms with Gasteiger partial charge in [-0.1, -0.05) is 37.3 Å². The fraction of sp³-hybridized carbons (Fsp3) is 0.435. The number of hydrogen-bond acceptors (Lipinski definition) is 5. The zero-order valence-corrected chi connectivity index (χ0v) is 18.8. The molecule has 7 nitrogen and oxygen atoms in total. The molecule has 1 aliphatic heterocycles. The van der Waals surface area contributed by atoms with Gasteiger partial charge in [0, 0.05) is 18.0 Å². The van der Waals surface area contributed by atoms with Gasteiger partial charge in [0.1, 0.15) is 13.1 Å². The van der Waals surface area contributed by atoms with Gasteiger partial charge in [-0.15, -0.1) is 11.3 Å². The zero-order valence-electron chi connectivity index (χ0n) is 18.0. The first-order valence-corrected chi connectivity index (χ1v) is 11.5. The Morgan fingerprint density at radius 2 is 1.97 bits per heavy atom. The van der Waals surface area contributed by atoms with Gasteiger partial charge >= 0.3 is 12.0 Å². The Balaban J connectivity index is 1.74. The van der Waals surface area contributed by atoms with Crippen LogP contribution < -0.4 is 5.32 Å². The quantitative estimate of drug-likeness (QED) is 0.636. The first kappa shape index (κ1) is 22.8. The topological polar surface area (TPSA) is 79.0 Å². The number of hydrogen-bond donors (Lipinski definition) is 1. The molecule has 3 rings (SSSR count). The summed E-state index contributed by atoms with van der Waals surface area (Å²) in [6.45, 7) is 4.70. The van der Waals surface area contributed by atoms with Crippen LogP contribution in [0, 0.1) is 0 Å². The molecule has 0 fully saturated rings. The lowest BCUT2D eigenvalue weighted by molar-refractivity contribution is -0.141. The van der Waals surface area contributed by atoms with Crippen molar-refractivity contribution < 1.29 is 19.1 Å². The number of carbonyl (C=O) groups excluding carboxylic acids is 3. The van der Waals surface area contributed by atoms with Crippen molar-refractivity contribution in [1.29, 1.82) is 0 Å². The maximum absolute atomic E-state index is 13.4. The SMILES string of the molecule is CCCN(CC(=O)N1CCc2sccc2C1c1ccccc1)C(=O)NCC(=O)OCC. The first-order chi connectivity index (χ1) is 15.0. The second-order valence-corrected chi connectivity index (χ2v) is 8.34. The average Bonchev–Trinajstić information content (AvgIpc) is 3.26. The number of carbonyl (C=O) groups is 3. The standard InChI is InChI=1S/C23H29N3O4S/c1-3-12-25(23(29)24-15-21(28)30-4-2)16-20(27)26-13-10-19-18(11-14-31-19)22(26)17-8-6-5-7-9-17/h5-9,11,14,22H,3-4,10,12-13,15-16H2,1-2H3,(H,24,29). The molecule has 1 aromatic carbocycles. The average molecular weight is 444 g/mol. The Hall–Kier alpha value is -2.87. The molecule has 0 saturated heterocycles. The molecule has 1 N–H and O–H groups in total. The van der Waals surface area contributed by atoms with Crippen LogP contribution in [0.1, 0.15) is 42.3 Å². The highest BCUT2D eigenvalue weighted by atomic mass is 32.1. The van der Waals surface area contributed by atoms with Gasteiger partial charge in [-0.3, -0.25) is 9.59 Å². The van der Waals surface area contributed by atoms with Crippen LogP contribution >= 0.6 is 11.3 Å². The summed E-state index contributed by atoms with van der Waals surface area (Å²) in [7, 11) is 0. The molecule has 0 spiro atoms. The molecule has 8 heteroatoms. The summed E-state index contributed by atoms with van der Waals surface area (Å²) in [6.07, 6.45) is 1.52. The number of amides is 3. The third-order valence-corrected chi connectivity index (χ3v) is 6.19. The molecular weight excluding hydrogens is 414 g/mol.